The quantitative estimate of drug-likeness (QED) is 0.653. The molecule has 0 spiro atoms. The van der Waals surface area contributed by atoms with E-state index in [4.69, 9.17) is 4.52 Å². The highest BCUT2D eigenvalue weighted by Gasteiger charge is 2.01. The molecule has 1 amide bonds. The summed E-state index contributed by atoms with van der Waals surface area (Å²) in [6.45, 7) is 3.46. The molecule has 0 unspecified atom stereocenters. The second-order valence-corrected chi connectivity index (χ2v) is 2.15. The van der Waals surface area contributed by atoms with Gasteiger partial charge in [-0.2, -0.15) is 4.98 Å². The molecule has 1 rings (SSSR count). The Bertz CT molecular complexity index is 256. The van der Waals surface area contributed by atoms with E-state index in [2.05, 4.69) is 15.5 Å². The number of rotatable bonds is 2. The number of hydrogen-bond donors (Lipinski definition) is 1. The minimum Gasteiger partial charge on any atom is -0.347 e. The highest BCUT2D eigenvalue weighted by atomic mass is 16.5. The van der Waals surface area contributed by atoms with Crippen LogP contribution in [0.3, 0.4) is 0 Å². The summed E-state index contributed by atoms with van der Waals surface area (Å²) in [4.78, 5) is 14.3. The molecule has 60 valence electrons. The van der Waals surface area contributed by atoms with Crippen LogP contribution in [0.15, 0.2) is 4.52 Å². The van der Waals surface area contributed by atoms with Gasteiger partial charge in [0.15, 0.2) is 5.82 Å². The van der Waals surface area contributed by atoms with E-state index in [1.807, 2.05) is 0 Å². The number of carbonyl (C=O) groups is 1. The maximum atomic E-state index is 10.4. The topological polar surface area (TPSA) is 68.0 Å². The summed E-state index contributed by atoms with van der Waals surface area (Å²) in [5.41, 5.74) is 0. The van der Waals surface area contributed by atoms with E-state index in [-0.39, 0.29) is 5.91 Å². The fourth-order valence-corrected chi connectivity index (χ4v) is 0.612. The van der Waals surface area contributed by atoms with Gasteiger partial charge >= 0.3 is 0 Å². The van der Waals surface area contributed by atoms with Crippen molar-refractivity contribution in [1.29, 1.82) is 0 Å². The summed E-state index contributed by atoms with van der Waals surface area (Å²) >= 11 is 0. The van der Waals surface area contributed by atoms with Crippen LogP contribution < -0.4 is 5.32 Å². The van der Waals surface area contributed by atoms with Crippen LogP contribution in [0.1, 0.15) is 18.6 Å². The molecule has 0 atom stereocenters. The van der Waals surface area contributed by atoms with Crippen molar-refractivity contribution in [2.45, 2.75) is 20.4 Å². The SMILES string of the molecule is CC(=O)NCc1nc(C)no1. The lowest BCUT2D eigenvalue weighted by molar-refractivity contribution is -0.119. The summed E-state index contributed by atoms with van der Waals surface area (Å²) < 4.78 is 4.74. The number of aromatic nitrogens is 2. The lowest BCUT2D eigenvalue weighted by atomic mass is 10.6. The molecule has 0 aliphatic rings. The average molecular weight is 155 g/mol. The van der Waals surface area contributed by atoms with Gasteiger partial charge in [-0.1, -0.05) is 5.16 Å². The van der Waals surface area contributed by atoms with E-state index in [1.54, 1.807) is 6.92 Å². The predicted octanol–water partition coefficient (Wildman–Crippen LogP) is 0.0141. The van der Waals surface area contributed by atoms with E-state index in [0.29, 0.717) is 18.3 Å². The molecule has 0 bridgehead atoms. The van der Waals surface area contributed by atoms with Crippen molar-refractivity contribution < 1.29 is 9.32 Å². The molecule has 1 aromatic heterocycles. The molecule has 0 radical (unpaired) electrons. The van der Waals surface area contributed by atoms with Gasteiger partial charge in [0, 0.05) is 6.92 Å². The van der Waals surface area contributed by atoms with Crippen molar-refractivity contribution in [3.63, 3.8) is 0 Å². The summed E-state index contributed by atoms with van der Waals surface area (Å²) in [6, 6.07) is 0. The van der Waals surface area contributed by atoms with Crippen molar-refractivity contribution in [1.82, 2.24) is 15.5 Å². The monoisotopic (exact) mass is 155 g/mol. The van der Waals surface area contributed by atoms with Crippen molar-refractivity contribution in [2.24, 2.45) is 0 Å². The number of nitrogens with one attached hydrogen (secondary N) is 1. The molecule has 0 aliphatic carbocycles. The van der Waals surface area contributed by atoms with E-state index in [1.165, 1.54) is 6.92 Å². The van der Waals surface area contributed by atoms with Crippen LogP contribution in [-0.4, -0.2) is 16.0 Å². The second kappa shape index (κ2) is 3.14. The van der Waals surface area contributed by atoms with Gasteiger partial charge in [-0.25, -0.2) is 0 Å². The standard InChI is InChI=1S/C6H9N3O2/c1-4-8-6(11-9-4)3-7-5(2)10/h3H2,1-2H3,(H,7,10). The zero-order valence-corrected chi connectivity index (χ0v) is 6.42. The lowest BCUT2D eigenvalue weighted by Crippen LogP contribution is -2.18. The fourth-order valence-electron chi connectivity index (χ4n) is 0.612. The van der Waals surface area contributed by atoms with Crippen LogP contribution in [0.2, 0.25) is 0 Å². The summed E-state index contributed by atoms with van der Waals surface area (Å²) in [5.74, 6) is 0.893. The molecule has 11 heavy (non-hydrogen) atoms. The molecule has 1 aromatic rings. The normalized spacial score (nSPS) is 9.64. The Labute approximate surface area is 63.8 Å². The van der Waals surface area contributed by atoms with Gasteiger partial charge in [0.2, 0.25) is 11.8 Å². The third-order valence-corrected chi connectivity index (χ3v) is 1.06. The number of nitrogens with zero attached hydrogens (tertiary/aromatic N) is 2. The molecule has 1 heterocycles. The Morgan fingerprint density at radius 3 is 2.91 bits per heavy atom. The Morgan fingerprint density at radius 2 is 2.45 bits per heavy atom. The Kier molecular flexibility index (Phi) is 2.20. The summed E-state index contributed by atoms with van der Waals surface area (Å²) in [6.07, 6.45) is 0. The van der Waals surface area contributed by atoms with Gasteiger partial charge in [0.05, 0.1) is 6.54 Å². The number of carbonyl (C=O) groups excluding carboxylic acids is 1. The minimum absolute atomic E-state index is 0.110. The van der Waals surface area contributed by atoms with E-state index in [0.717, 1.165) is 0 Å². The van der Waals surface area contributed by atoms with Gasteiger partial charge in [-0.3, -0.25) is 4.79 Å². The highest BCUT2D eigenvalue weighted by Crippen LogP contribution is 1.93. The van der Waals surface area contributed by atoms with Crippen LogP contribution >= 0.6 is 0 Å². The van der Waals surface area contributed by atoms with Gasteiger partial charge in [0.1, 0.15) is 0 Å². The Balaban J connectivity index is 2.45. The third-order valence-electron chi connectivity index (χ3n) is 1.06. The van der Waals surface area contributed by atoms with Gasteiger partial charge in [-0.15, -0.1) is 0 Å². The van der Waals surface area contributed by atoms with Gasteiger partial charge in [-0.05, 0) is 6.92 Å². The summed E-state index contributed by atoms with van der Waals surface area (Å²) in [7, 11) is 0. The van der Waals surface area contributed by atoms with Gasteiger partial charge in [0.25, 0.3) is 0 Å². The van der Waals surface area contributed by atoms with E-state index in [9.17, 15) is 4.79 Å². The first-order valence-electron chi connectivity index (χ1n) is 3.22. The molecular formula is C6H9N3O2. The molecular weight excluding hydrogens is 146 g/mol. The van der Waals surface area contributed by atoms with Crippen molar-refractivity contribution in [3.8, 4) is 0 Å². The van der Waals surface area contributed by atoms with Crippen molar-refractivity contribution >= 4 is 5.91 Å². The minimum atomic E-state index is -0.110. The number of amides is 1. The molecule has 0 fully saturated rings. The maximum absolute atomic E-state index is 10.4. The smallest absolute Gasteiger partial charge is 0.246 e. The first kappa shape index (κ1) is 7.71. The predicted molar refractivity (Wildman–Crippen MR) is 36.6 cm³/mol. The van der Waals surface area contributed by atoms with Crippen LogP contribution in [0, 0.1) is 6.92 Å². The fraction of sp³-hybridized carbons (Fsp3) is 0.500. The average Bonchev–Trinajstić information content (AvgIpc) is 2.31. The number of hydrogen-bond acceptors (Lipinski definition) is 4. The van der Waals surface area contributed by atoms with Gasteiger partial charge < -0.3 is 9.84 Å². The molecule has 0 aromatic carbocycles. The highest BCUT2D eigenvalue weighted by molar-refractivity contribution is 5.72. The molecule has 5 nitrogen and oxygen atoms in total. The van der Waals surface area contributed by atoms with Crippen molar-refractivity contribution in [3.05, 3.63) is 11.7 Å². The number of aryl methyl sites for hydroxylation is 1. The lowest BCUT2D eigenvalue weighted by Gasteiger charge is -1.93. The molecule has 0 saturated carbocycles. The molecule has 1 N–H and O–H groups in total. The van der Waals surface area contributed by atoms with Crippen molar-refractivity contribution in [2.75, 3.05) is 0 Å². The Hall–Kier alpha value is -1.39. The summed E-state index contributed by atoms with van der Waals surface area (Å²) in [5, 5.41) is 6.10. The van der Waals surface area contributed by atoms with Crippen LogP contribution in [0.5, 0.6) is 0 Å². The molecule has 0 aliphatic heterocycles. The zero-order valence-electron chi connectivity index (χ0n) is 6.42. The second-order valence-electron chi connectivity index (χ2n) is 2.15. The first-order chi connectivity index (χ1) is 5.18. The first-order valence-corrected chi connectivity index (χ1v) is 3.22. The van der Waals surface area contributed by atoms with Crippen LogP contribution in [0.25, 0.3) is 0 Å². The molecule has 5 heteroatoms. The zero-order chi connectivity index (χ0) is 8.27. The van der Waals surface area contributed by atoms with Crippen LogP contribution in [-0.2, 0) is 11.3 Å². The van der Waals surface area contributed by atoms with Crippen LogP contribution in [0.4, 0.5) is 0 Å². The Morgan fingerprint density at radius 1 is 1.73 bits per heavy atom. The largest absolute Gasteiger partial charge is 0.347 e. The van der Waals surface area contributed by atoms with E-state index >= 15 is 0 Å². The third kappa shape index (κ3) is 2.37. The van der Waals surface area contributed by atoms with E-state index < -0.39 is 0 Å². The molecule has 0 saturated heterocycles. The maximum Gasteiger partial charge on any atom is 0.246 e.